The van der Waals surface area contributed by atoms with Crippen molar-refractivity contribution < 1.29 is 9.47 Å². The molecule has 3 rings (SSSR count). The van der Waals surface area contributed by atoms with Gasteiger partial charge in [0.25, 0.3) is 0 Å². The Balaban J connectivity index is 1.52. The van der Waals surface area contributed by atoms with Gasteiger partial charge in [-0.05, 0) is 57.4 Å². The molecule has 0 radical (unpaired) electrons. The van der Waals surface area contributed by atoms with E-state index < -0.39 is 0 Å². The first-order valence-corrected chi connectivity index (χ1v) is 11.7. The van der Waals surface area contributed by atoms with E-state index in [1.165, 1.54) is 18.4 Å². The molecule has 1 aliphatic carbocycles. The average molecular weight is 417 g/mol. The quantitative estimate of drug-likeness (QED) is 0.277. The summed E-state index contributed by atoms with van der Waals surface area (Å²) < 4.78 is 11.4. The van der Waals surface area contributed by atoms with Gasteiger partial charge in [-0.2, -0.15) is 0 Å². The van der Waals surface area contributed by atoms with Gasteiger partial charge in [0.2, 0.25) is 0 Å². The van der Waals surface area contributed by atoms with Crippen molar-refractivity contribution in [1.82, 2.24) is 16.0 Å². The van der Waals surface area contributed by atoms with Gasteiger partial charge in [0, 0.05) is 51.1 Å². The Labute approximate surface area is 182 Å². The molecule has 1 unspecified atom stereocenters. The molecule has 1 atom stereocenters. The first kappa shape index (κ1) is 23.0. The van der Waals surface area contributed by atoms with Gasteiger partial charge >= 0.3 is 0 Å². The van der Waals surface area contributed by atoms with Crippen LogP contribution in [0.4, 0.5) is 0 Å². The Morgan fingerprint density at radius 3 is 2.67 bits per heavy atom. The predicted octanol–water partition coefficient (Wildman–Crippen LogP) is 3.26. The molecule has 168 valence electrons. The lowest BCUT2D eigenvalue weighted by Crippen LogP contribution is -2.53. The van der Waals surface area contributed by atoms with Gasteiger partial charge in [0.05, 0.1) is 6.54 Å². The number of hydrogen-bond acceptors (Lipinski definition) is 4. The van der Waals surface area contributed by atoms with Gasteiger partial charge in [-0.1, -0.05) is 30.3 Å². The van der Waals surface area contributed by atoms with Crippen LogP contribution < -0.4 is 16.0 Å². The molecule has 30 heavy (non-hydrogen) atoms. The average Bonchev–Trinajstić information content (AvgIpc) is 3.60. The molecule has 1 heterocycles. The molecule has 1 aromatic rings. The summed E-state index contributed by atoms with van der Waals surface area (Å²) >= 11 is 0. The fourth-order valence-corrected chi connectivity index (χ4v) is 3.88. The molecule has 0 aromatic heterocycles. The Bertz CT molecular complexity index is 627. The Morgan fingerprint density at radius 2 is 1.97 bits per heavy atom. The SMILES string of the molecule is CCNC(=NCC1(NC(C)c2ccccc2)CCOCC1)NCCCOCC1CC1. The minimum Gasteiger partial charge on any atom is -0.381 e. The van der Waals surface area contributed by atoms with Crippen LogP contribution in [0.1, 0.15) is 57.6 Å². The summed E-state index contributed by atoms with van der Waals surface area (Å²) in [5.41, 5.74) is 1.27. The van der Waals surface area contributed by atoms with E-state index in [4.69, 9.17) is 14.5 Å². The molecule has 3 N–H and O–H groups in total. The molecular weight excluding hydrogens is 376 g/mol. The highest BCUT2D eigenvalue weighted by Crippen LogP contribution is 2.28. The van der Waals surface area contributed by atoms with Gasteiger partial charge in [0.15, 0.2) is 5.96 Å². The predicted molar refractivity (Wildman–Crippen MR) is 123 cm³/mol. The largest absolute Gasteiger partial charge is 0.381 e. The monoisotopic (exact) mass is 416 g/mol. The van der Waals surface area contributed by atoms with Crippen molar-refractivity contribution in [2.45, 2.75) is 57.5 Å². The molecule has 1 aliphatic heterocycles. The van der Waals surface area contributed by atoms with Crippen LogP contribution >= 0.6 is 0 Å². The molecule has 6 heteroatoms. The number of rotatable bonds is 12. The molecule has 6 nitrogen and oxygen atoms in total. The summed E-state index contributed by atoms with van der Waals surface area (Å²) in [4.78, 5) is 4.95. The van der Waals surface area contributed by atoms with Gasteiger partial charge in [0.1, 0.15) is 0 Å². The molecule has 1 aromatic carbocycles. The number of guanidine groups is 1. The first-order valence-electron chi connectivity index (χ1n) is 11.7. The highest BCUT2D eigenvalue weighted by atomic mass is 16.5. The summed E-state index contributed by atoms with van der Waals surface area (Å²) in [6.45, 7) is 10.1. The van der Waals surface area contributed by atoms with Crippen LogP contribution in [0.3, 0.4) is 0 Å². The number of aliphatic imine (C=N–C) groups is 1. The lowest BCUT2D eigenvalue weighted by Gasteiger charge is -2.39. The van der Waals surface area contributed by atoms with Crippen LogP contribution in [-0.4, -0.2) is 57.6 Å². The zero-order valence-electron chi connectivity index (χ0n) is 18.8. The van der Waals surface area contributed by atoms with Gasteiger partial charge < -0.3 is 25.4 Å². The number of hydrogen-bond donors (Lipinski definition) is 3. The molecule has 1 saturated heterocycles. The second-order valence-electron chi connectivity index (χ2n) is 8.66. The maximum absolute atomic E-state index is 5.73. The minimum atomic E-state index is -0.0385. The van der Waals surface area contributed by atoms with E-state index in [0.717, 1.165) is 77.2 Å². The fourth-order valence-electron chi connectivity index (χ4n) is 3.88. The lowest BCUT2D eigenvalue weighted by atomic mass is 9.88. The summed E-state index contributed by atoms with van der Waals surface area (Å²) in [6, 6.07) is 10.9. The van der Waals surface area contributed by atoms with Crippen LogP contribution in [-0.2, 0) is 9.47 Å². The van der Waals surface area contributed by atoms with E-state index in [2.05, 4.69) is 60.1 Å². The second kappa shape index (κ2) is 12.3. The molecule has 0 bridgehead atoms. The topological polar surface area (TPSA) is 66.9 Å². The van der Waals surface area contributed by atoms with Crippen molar-refractivity contribution in [3.8, 4) is 0 Å². The zero-order valence-corrected chi connectivity index (χ0v) is 18.8. The third kappa shape index (κ3) is 7.89. The number of ether oxygens (including phenoxy) is 2. The van der Waals surface area contributed by atoms with Crippen LogP contribution in [0.5, 0.6) is 0 Å². The van der Waals surface area contributed by atoms with Crippen molar-refractivity contribution >= 4 is 5.96 Å². The lowest BCUT2D eigenvalue weighted by molar-refractivity contribution is 0.0374. The normalized spacial score (nSPS) is 20.0. The molecule has 0 spiro atoms. The smallest absolute Gasteiger partial charge is 0.191 e. The highest BCUT2D eigenvalue weighted by molar-refractivity contribution is 5.79. The van der Waals surface area contributed by atoms with Gasteiger partial charge in [-0.3, -0.25) is 4.99 Å². The van der Waals surface area contributed by atoms with E-state index in [1.54, 1.807) is 0 Å². The van der Waals surface area contributed by atoms with E-state index in [1.807, 2.05) is 0 Å². The van der Waals surface area contributed by atoms with Crippen molar-refractivity contribution in [2.24, 2.45) is 10.9 Å². The standard InChI is InChI=1S/C24H40N4O2/c1-3-25-23(26-14-7-15-30-18-21-10-11-21)27-19-24(12-16-29-17-13-24)28-20(2)22-8-5-4-6-9-22/h4-6,8-9,20-21,28H,3,7,10-19H2,1-2H3,(H2,25,26,27). The van der Waals surface area contributed by atoms with Crippen LogP contribution in [0, 0.1) is 5.92 Å². The van der Waals surface area contributed by atoms with Crippen molar-refractivity contribution in [2.75, 3.05) is 46.1 Å². The fraction of sp³-hybridized carbons (Fsp3) is 0.708. The van der Waals surface area contributed by atoms with Crippen LogP contribution in [0.2, 0.25) is 0 Å². The minimum absolute atomic E-state index is 0.0385. The molecular formula is C24H40N4O2. The maximum atomic E-state index is 5.73. The highest BCUT2D eigenvalue weighted by Gasteiger charge is 2.34. The van der Waals surface area contributed by atoms with E-state index >= 15 is 0 Å². The van der Waals surface area contributed by atoms with Crippen molar-refractivity contribution in [3.63, 3.8) is 0 Å². The summed E-state index contributed by atoms with van der Waals surface area (Å²) in [5, 5.41) is 10.7. The third-order valence-corrected chi connectivity index (χ3v) is 5.96. The number of benzene rings is 1. The third-order valence-electron chi connectivity index (χ3n) is 5.96. The Morgan fingerprint density at radius 1 is 1.20 bits per heavy atom. The summed E-state index contributed by atoms with van der Waals surface area (Å²) in [7, 11) is 0. The summed E-state index contributed by atoms with van der Waals surface area (Å²) in [6.07, 6.45) is 5.64. The molecule has 2 aliphatic rings. The Hall–Kier alpha value is -1.63. The van der Waals surface area contributed by atoms with Crippen molar-refractivity contribution in [3.05, 3.63) is 35.9 Å². The number of nitrogens with one attached hydrogen (secondary N) is 3. The first-order chi connectivity index (χ1) is 14.7. The zero-order chi connectivity index (χ0) is 21.1. The molecule has 1 saturated carbocycles. The van der Waals surface area contributed by atoms with E-state index in [9.17, 15) is 0 Å². The Kier molecular flexibility index (Phi) is 9.43. The van der Waals surface area contributed by atoms with E-state index in [-0.39, 0.29) is 11.6 Å². The molecule has 2 fully saturated rings. The van der Waals surface area contributed by atoms with Gasteiger partial charge in [-0.15, -0.1) is 0 Å². The van der Waals surface area contributed by atoms with Crippen LogP contribution in [0.15, 0.2) is 35.3 Å². The number of nitrogens with zero attached hydrogens (tertiary/aromatic N) is 1. The van der Waals surface area contributed by atoms with Gasteiger partial charge in [-0.25, -0.2) is 0 Å². The van der Waals surface area contributed by atoms with E-state index in [0.29, 0.717) is 0 Å². The second-order valence-corrected chi connectivity index (χ2v) is 8.66. The molecule has 0 amide bonds. The maximum Gasteiger partial charge on any atom is 0.191 e. The van der Waals surface area contributed by atoms with Crippen LogP contribution in [0.25, 0.3) is 0 Å². The summed E-state index contributed by atoms with van der Waals surface area (Å²) in [5.74, 6) is 1.72. The van der Waals surface area contributed by atoms with Crippen molar-refractivity contribution in [1.29, 1.82) is 0 Å².